The van der Waals surface area contributed by atoms with Crippen LogP contribution in [-0.4, -0.2) is 62.6 Å². The van der Waals surface area contributed by atoms with E-state index in [1.807, 2.05) is 31.5 Å². The number of aryl methyl sites for hydroxylation is 1. The molecule has 134 valence electrons. The molecule has 0 amide bonds. The van der Waals surface area contributed by atoms with Crippen molar-refractivity contribution in [3.8, 4) is 0 Å². The highest BCUT2D eigenvalue weighted by molar-refractivity contribution is 6.60. The van der Waals surface area contributed by atoms with Crippen LogP contribution in [0.15, 0.2) is 18.7 Å². The van der Waals surface area contributed by atoms with Gasteiger partial charge in [-0.25, -0.2) is 4.98 Å². The summed E-state index contributed by atoms with van der Waals surface area (Å²) in [7, 11) is -2.81. The van der Waals surface area contributed by atoms with E-state index in [1.165, 1.54) is 0 Å². The molecule has 7 nitrogen and oxygen atoms in total. The quantitative estimate of drug-likeness (QED) is 0.408. The van der Waals surface area contributed by atoms with E-state index in [-0.39, 0.29) is 6.61 Å². The highest BCUT2D eigenvalue weighted by Gasteiger charge is 2.42. The zero-order valence-corrected chi connectivity index (χ0v) is 15.4. The summed E-state index contributed by atoms with van der Waals surface area (Å²) < 4.78 is 24.7. The van der Waals surface area contributed by atoms with Gasteiger partial charge in [0, 0.05) is 51.4 Å². The van der Waals surface area contributed by atoms with Gasteiger partial charge in [-0.2, -0.15) is 0 Å². The number of ether oxygens (including phenoxy) is 1. The van der Waals surface area contributed by atoms with Gasteiger partial charge in [-0.3, -0.25) is 0 Å². The molecule has 1 N–H and O–H groups in total. The molecule has 0 aliphatic carbocycles. The number of aromatic nitrogens is 2. The fourth-order valence-corrected chi connectivity index (χ4v) is 4.91. The van der Waals surface area contributed by atoms with Gasteiger partial charge < -0.3 is 27.7 Å². The maximum Gasteiger partial charge on any atom is 0.503 e. The third-order valence-electron chi connectivity index (χ3n) is 3.15. The van der Waals surface area contributed by atoms with Crippen LogP contribution in [-0.2, 0) is 24.6 Å². The molecule has 1 heterocycles. The molecule has 0 aliphatic rings. The molecule has 0 saturated carbocycles. The van der Waals surface area contributed by atoms with Crippen LogP contribution in [0.4, 0.5) is 0 Å². The van der Waals surface area contributed by atoms with Crippen molar-refractivity contribution in [2.75, 3.05) is 33.0 Å². The van der Waals surface area contributed by atoms with E-state index < -0.39 is 14.9 Å². The Hall–Kier alpha value is -0.773. The summed E-state index contributed by atoms with van der Waals surface area (Å²) in [5.41, 5.74) is 0. The predicted molar refractivity (Wildman–Crippen MR) is 89.1 cm³/mol. The monoisotopic (exact) mass is 346 g/mol. The molecule has 8 heteroatoms. The standard InChI is InChI=1S/C15H30N2O5Si/c1-4-20-23(21-5-2,22-6-3)13-15(18)12-19-11-7-9-17-10-8-16-14-17/h8,10,14-15,18H,4-7,9,11-13H2,1-3H3. The SMILES string of the molecule is CCO[Si](CC(O)COCCCn1ccnc1)(OCC)OCC. The fourth-order valence-electron chi connectivity index (χ4n) is 2.30. The molecule has 0 spiro atoms. The molecular formula is C15H30N2O5Si. The summed E-state index contributed by atoms with van der Waals surface area (Å²) in [5.74, 6) is 0. The minimum atomic E-state index is -2.81. The second-order valence-corrected chi connectivity index (χ2v) is 7.71. The molecule has 23 heavy (non-hydrogen) atoms. The Morgan fingerprint density at radius 3 is 2.30 bits per heavy atom. The van der Waals surface area contributed by atoms with Crippen LogP contribution >= 0.6 is 0 Å². The second kappa shape index (κ2) is 11.7. The minimum absolute atomic E-state index is 0.256. The summed E-state index contributed by atoms with van der Waals surface area (Å²) in [6.07, 6.45) is 5.67. The lowest BCUT2D eigenvalue weighted by Crippen LogP contribution is -2.49. The first kappa shape index (κ1) is 20.3. The van der Waals surface area contributed by atoms with Gasteiger partial charge in [-0.05, 0) is 27.2 Å². The fraction of sp³-hybridized carbons (Fsp3) is 0.800. The van der Waals surface area contributed by atoms with Crippen LogP contribution < -0.4 is 0 Å². The summed E-state index contributed by atoms with van der Waals surface area (Å²) in [4.78, 5) is 3.99. The van der Waals surface area contributed by atoms with Crippen molar-refractivity contribution >= 4 is 8.80 Å². The van der Waals surface area contributed by atoms with Crippen molar-refractivity contribution in [1.82, 2.24) is 9.55 Å². The van der Waals surface area contributed by atoms with E-state index in [4.69, 9.17) is 18.0 Å². The van der Waals surface area contributed by atoms with Crippen LogP contribution in [0.1, 0.15) is 27.2 Å². The molecular weight excluding hydrogens is 316 g/mol. The molecule has 1 aromatic heterocycles. The summed E-state index contributed by atoms with van der Waals surface area (Å²) >= 11 is 0. The Kier molecular flexibility index (Phi) is 10.3. The van der Waals surface area contributed by atoms with Gasteiger partial charge in [0.2, 0.25) is 0 Å². The molecule has 0 aromatic carbocycles. The highest BCUT2D eigenvalue weighted by Crippen LogP contribution is 2.18. The summed E-state index contributed by atoms with van der Waals surface area (Å²) in [6.45, 7) is 8.91. The zero-order valence-electron chi connectivity index (χ0n) is 14.4. The second-order valence-electron chi connectivity index (χ2n) is 5.07. The minimum Gasteiger partial charge on any atom is -0.391 e. The Bertz CT molecular complexity index is 374. The first-order chi connectivity index (χ1) is 11.2. The lowest BCUT2D eigenvalue weighted by atomic mass is 10.4. The molecule has 0 bridgehead atoms. The number of hydrogen-bond acceptors (Lipinski definition) is 6. The molecule has 0 aliphatic heterocycles. The smallest absolute Gasteiger partial charge is 0.391 e. The van der Waals surface area contributed by atoms with Crippen molar-refractivity contribution in [3.63, 3.8) is 0 Å². The number of rotatable bonds is 14. The first-order valence-electron chi connectivity index (χ1n) is 8.29. The molecule has 0 fully saturated rings. The molecule has 1 rings (SSSR count). The maximum absolute atomic E-state index is 10.2. The van der Waals surface area contributed by atoms with Crippen molar-refractivity contribution in [1.29, 1.82) is 0 Å². The van der Waals surface area contributed by atoms with Crippen LogP contribution in [0.3, 0.4) is 0 Å². The summed E-state index contributed by atoms with van der Waals surface area (Å²) in [6, 6.07) is 0.351. The van der Waals surface area contributed by atoms with Crippen LogP contribution in [0, 0.1) is 0 Å². The largest absolute Gasteiger partial charge is 0.503 e. The van der Waals surface area contributed by atoms with Gasteiger partial charge in [-0.1, -0.05) is 0 Å². The van der Waals surface area contributed by atoms with Gasteiger partial charge in [-0.15, -0.1) is 0 Å². The third kappa shape index (κ3) is 8.05. The third-order valence-corrected chi connectivity index (χ3v) is 6.31. The summed E-state index contributed by atoms with van der Waals surface area (Å²) in [5, 5.41) is 10.2. The Balaban J connectivity index is 2.28. The van der Waals surface area contributed by atoms with E-state index in [9.17, 15) is 5.11 Å². The topological polar surface area (TPSA) is 75.0 Å². The van der Waals surface area contributed by atoms with E-state index in [1.54, 1.807) is 12.5 Å². The van der Waals surface area contributed by atoms with Gasteiger partial charge in [0.05, 0.1) is 19.0 Å². The van der Waals surface area contributed by atoms with E-state index >= 15 is 0 Å². The normalized spacial score (nSPS) is 13.4. The number of aliphatic hydroxyl groups is 1. The number of imidazole rings is 1. The van der Waals surface area contributed by atoms with Crippen molar-refractivity contribution in [3.05, 3.63) is 18.7 Å². The Morgan fingerprint density at radius 1 is 1.13 bits per heavy atom. The predicted octanol–water partition coefficient (Wildman–Crippen LogP) is 1.70. The molecule has 1 unspecified atom stereocenters. The maximum atomic E-state index is 10.2. The van der Waals surface area contributed by atoms with Gasteiger partial charge in [0.1, 0.15) is 0 Å². The van der Waals surface area contributed by atoms with Gasteiger partial charge >= 0.3 is 8.80 Å². The Morgan fingerprint density at radius 2 is 1.78 bits per heavy atom. The average molecular weight is 347 g/mol. The lowest BCUT2D eigenvalue weighted by molar-refractivity contribution is 0.0182. The average Bonchev–Trinajstić information content (AvgIpc) is 3.01. The Labute approximate surface area is 139 Å². The molecule has 0 saturated heterocycles. The number of nitrogens with zero attached hydrogens (tertiary/aromatic N) is 2. The zero-order chi connectivity index (χ0) is 17.0. The lowest BCUT2D eigenvalue weighted by Gasteiger charge is -2.30. The van der Waals surface area contributed by atoms with Crippen molar-refractivity contribution in [2.24, 2.45) is 0 Å². The van der Waals surface area contributed by atoms with Crippen molar-refractivity contribution in [2.45, 2.75) is 45.9 Å². The van der Waals surface area contributed by atoms with E-state index in [0.29, 0.717) is 32.5 Å². The van der Waals surface area contributed by atoms with Crippen LogP contribution in [0.2, 0.25) is 6.04 Å². The molecule has 1 atom stereocenters. The van der Waals surface area contributed by atoms with E-state index in [2.05, 4.69) is 4.98 Å². The molecule has 0 radical (unpaired) electrons. The van der Waals surface area contributed by atoms with Gasteiger partial charge in [0.15, 0.2) is 0 Å². The van der Waals surface area contributed by atoms with Crippen LogP contribution in [0.25, 0.3) is 0 Å². The first-order valence-corrected chi connectivity index (χ1v) is 10.2. The molecule has 1 aromatic rings. The van der Waals surface area contributed by atoms with Gasteiger partial charge in [0.25, 0.3) is 0 Å². The number of hydrogen-bond donors (Lipinski definition) is 1. The van der Waals surface area contributed by atoms with Crippen molar-refractivity contribution < 1.29 is 23.1 Å². The van der Waals surface area contributed by atoms with Crippen LogP contribution in [0.5, 0.6) is 0 Å². The number of aliphatic hydroxyl groups excluding tert-OH is 1. The van der Waals surface area contributed by atoms with E-state index in [0.717, 1.165) is 13.0 Å². The highest BCUT2D eigenvalue weighted by atomic mass is 28.4.